The fraction of sp³-hybridized carbons (Fsp3) is 0.423. The first kappa shape index (κ1) is 31.9. The normalized spacial score (nSPS) is 12.5. The number of aliphatic hydroxyl groups is 1. The second kappa shape index (κ2) is 15.9. The molecule has 0 heterocycles. The monoisotopic (exact) mass is 567 g/mol. The Hall–Kier alpha value is -4.33. The summed E-state index contributed by atoms with van der Waals surface area (Å²) < 4.78 is 43.4. The molecule has 12 nitrogen and oxygen atoms in total. The number of alkyl halides is 2. The number of hydrogen-bond acceptors (Lipinski definition) is 9. The molecule has 2 amide bonds. The van der Waals surface area contributed by atoms with Crippen LogP contribution in [0.5, 0.6) is 0 Å². The van der Waals surface area contributed by atoms with Gasteiger partial charge < -0.3 is 30.0 Å². The van der Waals surface area contributed by atoms with Gasteiger partial charge >= 0.3 is 24.1 Å². The van der Waals surface area contributed by atoms with Crippen molar-refractivity contribution in [2.45, 2.75) is 57.5 Å². The number of non-ortho nitro benzene ring substituents is 1. The number of halogens is 2. The van der Waals surface area contributed by atoms with E-state index in [1.807, 2.05) is 6.07 Å². The molecule has 0 aliphatic heterocycles. The number of nitrogens with zero attached hydrogens (tertiary/aromatic N) is 1. The minimum Gasteiger partial charge on any atom is -0.461 e. The van der Waals surface area contributed by atoms with Gasteiger partial charge in [0, 0.05) is 18.7 Å². The molecule has 2 rings (SSSR count). The number of unbranched alkanes of at least 4 members (excludes halogenated alkanes) is 1. The average molecular weight is 568 g/mol. The van der Waals surface area contributed by atoms with E-state index in [2.05, 4.69) is 15.4 Å². The molecule has 0 bridgehead atoms. The first-order valence-electron chi connectivity index (χ1n) is 12.4. The van der Waals surface area contributed by atoms with Gasteiger partial charge in [-0.2, -0.15) is 8.78 Å². The van der Waals surface area contributed by atoms with E-state index in [1.54, 1.807) is 24.3 Å². The van der Waals surface area contributed by atoms with E-state index in [9.17, 15) is 38.4 Å². The van der Waals surface area contributed by atoms with E-state index in [0.29, 0.717) is 5.56 Å². The van der Waals surface area contributed by atoms with Crippen LogP contribution in [0.15, 0.2) is 54.6 Å². The molecule has 0 spiro atoms. The van der Waals surface area contributed by atoms with Crippen LogP contribution in [-0.2, 0) is 32.2 Å². The summed E-state index contributed by atoms with van der Waals surface area (Å²) in [5, 5.41) is 25.7. The molecule has 0 aliphatic carbocycles. The number of carbonyl (C=O) groups excluding carboxylic acids is 3. The molecule has 2 unspecified atom stereocenters. The Morgan fingerprint density at radius 3 is 2.15 bits per heavy atom. The molecule has 14 heteroatoms. The Balaban J connectivity index is 1.89. The maximum absolute atomic E-state index is 14.5. The molecule has 0 radical (unpaired) electrons. The summed E-state index contributed by atoms with van der Waals surface area (Å²) in [5.41, 5.74) is 1.01. The fourth-order valence-electron chi connectivity index (χ4n) is 3.42. The Bertz CT molecular complexity index is 1120. The number of amides is 2. The highest BCUT2D eigenvalue weighted by atomic mass is 19.3. The number of carbonyl (C=O) groups is 3. The molecule has 218 valence electrons. The molecule has 3 N–H and O–H groups in total. The van der Waals surface area contributed by atoms with E-state index in [0.717, 1.165) is 5.56 Å². The number of nitrogens with one attached hydrogen (secondary N) is 2. The average Bonchev–Trinajstić information content (AvgIpc) is 2.94. The van der Waals surface area contributed by atoms with Crippen LogP contribution in [0.4, 0.5) is 24.1 Å². The van der Waals surface area contributed by atoms with Crippen LogP contribution in [0.2, 0.25) is 0 Å². The van der Waals surface area contributed by atoms with Gasteiger partial charge in [0.15, 0.2) is 0 Å². The number of nitro groups is 1. The highest BCUT2D eigenvalue weighted by Crippen LogP contribution is 2.25. The number of ether oxygens (including phenoxy) is 3. The largest absolute Gasteiger partial charge is 0.461 e. The Kier molecular flexibility index (Phi) is 12.7. The van der Waals surface area contributed by atoms with Crippen LogP contribution in [0.25, 0.3) is 0 Å². The molecule has 0 aromatic heterocycles. The molecule has 0 fully saturated rings. The number of esters is 1. The predicted octanol–water partition coefficient (Wildman–Crippen LogP) is 3.85. The molecule has 0 saturated heterocycles. The lowest BCUT2D eigenvalue weighted by atomic mass is 9.99. The van der Waals surface area contributed by atoms with Crippen molar-refractivity contribution in [1.29, 1.82) is 0 Å². The van der Waals surface area contributed by atoms with E-state index in [-0.39, 0.29) is 51.3 Å². The molecule has 2 aromatic rings. The zero-order chi connectivity index (χ0) is 29.5. The van der Waals surface area contributed by atoms with E-state index < -0.39 is 41.1 Å². The van der Waals surface area contributed by atoms with Gasteiger partial charge in [0.05, 0.1) is 17.6 Å². The highest BCUT2D eigenvalue weighted by molar-refractivity contribution is 5.78. The summed E-state index contributed by atoms with van der Waals surface area (Å²) in [6.45, 7) is 0.826. The van der Waals surface area contributed by atoms with Gasteiger partial charge in [-0.25, -0.2) is 14.4 Å². The number of alkyl carbamates (subject to hydrolysis) is 2. The fourth-order valence-corrected chi connectivity index (χ4v) is 3.42. The topological polar surface area (TPSA) is 166 Å². The number of aliphatic hydroxyl groups excluding tert-OH is 1. The van der Waals surface area contributed by atoms with Crippen LogP contribution in [0.3, 0.4) is 0 Å². The second-order valence-electron chi connectivity index (χ2n) is 8.52. The van der Waals surface area contributed by atoms with E-state index in [4.69, 9.17) is 9.47 Å². The van der Waals surface area contributed by atoms with Gasteiger partial charge in [-0.05, 0) is 49.4 Å². The highest BCUT2D eigenvalue weighted by Gasteiger charge is 2.51. The second-order valence-corrected chi connectivity index (χ2v) is 8.52. The molecule has 2 aromatic carbocycles. The van der Waals surface area contributed by atoms with E-state index in [1.165, 1.54) is 31.2 Å². The van der Waals surface area contributed by atoms with Crippen LogP contribution < -0.4 is 10.6 Å². The van der Waals surface area contributed by atoms with Crippen molar-refractivity contribution in [2.75, 3.05) is 13.2 Å². The summed E-state index contributed by atoms with van der Waals surface area (Å²) in [5.74, 6) is -6.28. The third kappa shape index (κ3) is 10.4. The maximum atomic E-state index is 14.5. The van der Waals surface area contributed by atoms with Crippen molar-refractivity contribution in [3.8, 4) is 0 Å². The molecule has 40 heavy (non-hydrogen) atoms. The summed E-state index contributed by atoms with van der Waals surface area (Å²) in [6.07, 6.45) is -4.26. The summed E-state index contributed by atoms with van der Waals surface area (Å²) in [7, 11) is 0. The maximum Gasteiger partial charge on any atom is 0.407 e. The smallest absolute Gasteiger partial charge is 0.407 e. The molecule has 0 saturated carbocycles. The van der Waals surface area contributed by atoms with Gasteiger partial charge in [0.25, 0.3) is 5.69 Å². The predicted molar refractivity (Wildman–Crippen MR) is 136 cm³/mol. The van der Waals surface area contributed by atoms with Gasteiger partial charge in [-0.3, -0.25) is 10.1 Å². The minimum atomic E-state index is -4.33. The number of benzene rings is 2. The van der Waals surface area contributed by atoms with Gasteiger partial charge in [-0.15, -0.1) is 0 Å². The number of hydrogen-bond donors (Lipinski definition) is 3. The van der Waals surface area contributed by atoms with Crippen LogP contribution in [0.1, 0.15) is 37.3 Å². The first-order valence-corrected chi connectivity index (χ1v) is 12.4. The third-order valence-electron chi connectivity index (χ3n) is 5.54. The van der Waals surface area contributed by atoms with Crippen molar-refractivity contribution in [1.82, 2.24) is 10.6 Å². The Morgan fingerprint density at radius 2 is 1.55 bits per heavy atom. The number of rotatable bonds is 15. The molecule has 0 aliphatic rings. The van der Waals surface area contributed by atoms with Crippen LogP contribution >= 0.6 is 0 Å². The SMILES string of the molecule is CCOC(=O)C(F)(F)C(O)C(CCCCNC(=O)OCc1ccccc1)NC(=O)OCc1ccc([N+](=O)[O-])cc1. The van der Waals surface area contributed by atoms with Crippen LogP contribution in [0, 0.1) is 10.1 Å². The first-order chi connectivity index (χ1) is 19.0. The Morgan fingerprint density at radius 1 is 0.950 bits per heavy atom. The zero-order valence-corrected chi connectivity index (χ0v) is 21.7. The third-order valence-corrected chi connectivity index (χ3v) is 5.54. The van der Waals surface area contributed by atoms with Gasteiger partial charge in [0.2, 0.25) is 0 Å². The zero-order valence-electron chi connectivity index (χ0n) is 21.7. The summed E-state index contributed by atoms with van der Waals surface area (Å²) in [4.78, 5) is 46.0. The van der Waals surface area contributed by atoms with Crippen molar-refractivity contribution in [2.24, 2.45) is 0 Å². The standard InChI is InChI=1S/C26H31F2N3O9/c1-2-38-23(33)26(27,28)22(32)21(30-25(35)40-17-19-11-13-20(14-12-19)31(36)37)10-6-7-15-29-24(34)39-16-18-8-4-3-5-9-18/h3-5,8-9,11-14,21-22,32H,2,6-7,10,15-17H2,1H3,(H,29,34)(H,30,35). The molecular formula is C26H31F2N3O9. The molecular weight excluding hydrogens is 536 g/mol. The lowest BCUT2D eigenvalue weighted by molar-refractivity contribution is -0.384. The van der Waals surface area contributed by atoms with Crippen molar-refractivity contribution in [3.05, 3.63) is 75.8 Å². The lowest BCUT2D eigenvalue weighted by Crippen LogP contribution is -2.55. The minimum absolute atomic E-state index is 0.0653. The van der Waals surface area contributed by atoms with Gasteiger partial charge in [-0.1, -0.05) is 30.3 Å². The van der Waals surface area contributed by atoms with Crippen LogP contribution in [-0.4, -0.2) is 59.4 Å². The van der Waals surface area contributed by atoms with Crippen molar-refractivity contribution < 1.29 is 47.4 Å². The van der Waals surface area contributed by atoms with Crippen molar-refractivity contribution >= 4 is 23.8 Å². The summed E-state index contributed by atoms with van der Waals surface area (Å²) in [6, 6.07) is 12.5. The Labute approximate surface area is 228 Å². The lowest BCUT2D eigenvalue weighted by Gasteiger charge is -2.28. The summed E-state index contributed by atoms with van der Waals surface area (Å²) >= 11 is 0. The molecule has 2 atom stereocenters. The number of nitro benzene ring substituents is 1. The quantitative estimate of drug-likeness (QED) is 0.0952. The van der Waals surface area contributed by atoms with Gasteiger partial charge in [0.1, 0.15) is 19.3 Å². The van der Waals surface area contributed by atoms with Crippen molar-refractivity contribution in [3.63, 3.8) is 0 Å². The van der Waals surface area contributed by atoms with E-state index >= 15 is 0 Å².